The van der Waals surface area contributed by atoms with Crippen molar-refractivity contribution in [3.63, 3.8) is 0 Å². The summed E-state index contributed by atoms with van der Waals surface area (Å²) in [5, 5.41) is 14.2. The molecule has 0 spiro atoms. The summed E-state index contributed by atoms with van der Waals surface area (Å²) in [5.41, 5.74) is 9.89. The first-order chi connectivity index (χ1) is 32.6. The van der Waals surface area contributed by atoms with Crippen LogP contribution in [0.15, 0.2) is 215 Å². The van der Waals surface area contributed by atoms with Gasteiger partial charge in [0.1, 0.15) is 5.58 Å². The van der Waals surface area contributed by atoms with E-state index in [9.17, 15) is 0 Å². The predicted octanol–water partition coefficient (Wildman–Crippen LogP) is 16.8. The molecule has 0 radical (unpaired) electrons. The number of benzene rings is 10. The molecule has 14 rings (SSSR count). The van der Waals surface area contributed by atoms with Crippen LogP contribution in [0.1, 0.15) is 30.0 Å². The number of hydrogen-bond donors (Lipinski definition) is 0. The van der Waals surface area contributed by atoms with Crippen LogP contribution in [-0.2, 0) is 0 Å². The molecular weight excluding hydrogens is 823 g/mol. The molecule has 10 aromatic carbocycles. The Labute approximate surface area is 383 Å². The average molecular weight is 862 g/mol. The van der Waals surface area contributed by atoms with E-state index in [0.717, 1.165) is 73.2 Å². The van der Waals surface area contributed by atoms with Crippen molar-refractivity contribution in [1.29, 1.82) is 0 Å². The zero-order valence-electron chi connectivity index (χ0n) is 36.0. The molecule has 0 saturated carbocycles. The summed E-state index contributed by atoms with van der Waals surface area (Å²) in [4.78, 5) is 11.4. The van der Waals surface area contributed by atoms with E-state index in [0.29, 0.717) is 5.84 Å². The zero-order chi connectivity index (χ0) is 43.5. The Morgan fingerprint density at radius 3 is 1.85 bits per heavy atom. The minimum atomic E-state index is 0.107. The molecule has 5 heteroatoms. The molecule has 0 bridgehead atoms. The van der Waals surface area contributed by atoms with Crippen LogP contribution in [0.25, 0.3) is 108 Å². The molecule has 1 unspecified atom stereocenters. The number of thiophene rings is 1. The summed E-state index contributed by atoms with van der Waals surface area (Å²) in [6, 6.07) is 70.3. The Morgan fingerprint density at radius 1 is 0.500 bits per heavy atom. The molecular formula is C61H39N3OS. The monoisotopic (exact) mass is 861 g/mol. The number of para-hydroxylation sites is 1. The lowest BCUT2D eigenvalue weighted by atomic mass is 9.92. The predicted molar refractivity (Wildman–Crippen MR) is 281 cm³/mol. The largest absolute Gasteiger partial charge is 0.454 e. The molecule has 0 N–H and O–H groups in total. The van der Waals surface area contributed by atoms with Crippen molar-refractivity contribution in [2.24, 2.45) is 15.9 Å². The van der Waals surface area contributed by atoms with Crippen LogP contribution < -0.4 is 0 Å². The molecule has 3 aromatic heterocycles. The molecule has 4 nitrogen and oxygen atoms in total. The number of nitrogens with zero attached hydrogens (tertiary/aromatic N) is 3. The van der Waals surface area contributed by atoms with Gasteiger partial charge in [0.15, 0.2) is 11.4 Å². The minimum Gasteiger partial charge on any atom is -0.454 e. The number of amidine groups is 1. The Hall–Kier alpha value is -8.12. The first kappa shape index (κ1) is 37.3. The minimum absolute atomic E-state index is 0.107. The van der Waals surface area contributed by atoms with Crippen molar-refractivity contribution in [2.45, 2.75) is 13.3 Å². The smallest absolute Gasteiger partial charge is 0.160 e. The summed E-state index contributed by atoms with van der Waals surface area (Å²) < 4.78 is 12.1. The fraction of sp³-hybridized carbons (Fsp3) is 0.0492. The van der Waals surface area contributed by atoms with Crippen LogP contribution in [0.3, 0.4) is 0 Å². The van der Waals surface area contributed by atoms with Gasteiger partial charge >= 0.3 is 0 Å². The molecule has 1 aliphatic rings. The van der Waals surface area contributed by atoms with Gasteiger partial charge in [0.25, 0.3) is 0 Å². The van der Waals surface area contributed by atoms with Crippen molar-refractivity contribution in [3.05, 3.63) is 217 Å². The average Bonchev–Trinajstić information content (AvgIpc) is 4.03. The van der Waals surface area contributed by atoms with Gasteiger partial charge in [0.05, 0.1) is 28.1 Å². The van der Waals surface area contributed by atoms with Crippen LogP contribution in [0.2, 0.25) is 0 Å². The lowest BCUT2D eigenvalue weighted by Crippen LogP contribution is -2.17. The summed E-state index contributed by atoms with van der Waals surface area (Å²) in [5.74, 6) is 0.768. The van der Waals surface area contributed by atoms with Gasteiger partial charge in [-0.2, -0.15) is 0 Å². The second-order valence-corrected chi connectivity index (χ2v) is 18.8. The first-order valence-electron chi connectivity index (χ1n) is 22.7. The van der Waals surface area contributed by atoms with Gasteiger partial charge in [-0.25, -0.2) is 9.98 Å². The highest BCUT2D eigenvalue weighted by Crippen LogP contribution is 2.43. The van der Waals surface area contributed by atoms with Gasteiger partial charge in [0, 0.05) is 58.8 Å². The summed E-state index contributed by atoms with van der Waals surface area (Å²) >= 11 is 1.84. The maximum Gasteiger partial charge on any atom is 0.160 e. The second kappa shape index (κ2) is 14.4. The van der Waals surface area contributed by atoms with E-state index in [1.54, 1.807) is 0 Å². The Morgan fingerprint density at radius 2 is 1.11 bits per heavy atom. The summed E-state index contributed by atoms with van der Waals surface area (Å²) in [6.07, 6.45) is 3.11. The van der Waals surface area contributed by atoms with E-state index in [1.165, 1.54) is 63.3 Å². The highest BCUT2D eigenvalue weighted by molar-refractivity contribution is 7.25. The van der Waals surface area contributed by atoms with Crippen molar-refractivity contribution < 1.29 is 4.42 Å². The van der Waals surface area contributed by atoms with E-state index in [4.69, 9.17) is 14.4 Å². The molecule has 66 heavy (non-hydrogen) atoms. The van der Waals surface area contributed by atoms with E-state index >= 15 is 0 Å². The van der Waals surface area contributed by atoms with E-state index in [1.807, 2.05) is 11.3 Å². The van der Waals surface area contributed by atoms with E-state index in [-0.39, 0.29) is 5.92 Å². The Bertz CT molecular complexity index is 4200. The highest BCUT2D eigenvalue weighted by Gasteiger charge is 2.25. The molecule has 0 fully saturated rings. The van der Waals surface area contributed by atoms with Gasteiger partial charge in [0.2, 0.25) is 0 Å². The Kier molecular flexibility index (Phi) is 8.16. The van der Waals surface area contributed by atoms with Crippen molar-refractivity contribution >= 4 is 125 Å². The first-order valence-corrected chi connectivity index (χ1v) is 23.5. The van der Waals surface area contributed by atoms with Crippen LogP contribution in [0, 0.1) is 5.92 Å². The molecule has 4 heterocycles. The van der Waals surface area contributed by atoms with E-state index < -0.39 is 0 Å². The SMILES string of the molecule is CC1C/C=C(c2ccc3sc4ccccc4c3c2)/N=C(c2ccc(-n3c4cc5ccccc5cc4c4cc5ccccc5cc43)c3oc4ccccc4c23)\N=C/1c1ccc2ccccc2c1. The fourth-order valence-corrected chi connectivity index (χ4v) is 11.6. The molecule has 310 valence electrons. The maximum atomic E-state index is 7.10. The molecule has 0 amide bonds. The van der Waals surface area contributed by atoms with Crippen molar-refractivity contribution in [3.8, 4) is 5.69 Å². The van der Waals surface area contributed by atoms with Crippen LogP contribution in [0.5, 0.6) is 0 Å². The van der Waals surface area contributed by atoms with Crippen molar-refractivity contribution in [2.75, 3.05) is 0 Å². The van der Waals surface area contributed by atoms with Crippen LogP contribution >= 0.6 is 11.3 Å². The number of fused-ring (bicyclic) bond motifs is 12. The third-order valence-corrected chi connectivity index (χ3v) is 14.9. The number of rotatable bonds is 4. The molecule has 13 aromatic rings. The number of allylic oxidation sites excluding steroid dienone is 1. The number of aromatic nitrogens is 1. The van der Waals surface area contributed by atoms with Gasteiger partial charge in [-0.1, -0.05) is 140 Å². The molecule has 0 aliphatic carbocycles. The summed E-state index contributed by atoms with van der Waals surface area (Å²) in [6.45, 7) is 2.29. The quantitative estimate of drug-likeness (QED) is 0.174. The van der Waals surface area contributed by atoms with Gasteiger partial charge < -0.3 is 8.98 Å². The number of hydrogen-bond acceptors (Lipinski definition) is 4. The topological polar surface area (TPSA) is 42.8 Å². The standard InChI is InChI=1S/C61H39N3OS/c1-36-22-27-51(43-25-29-57-50(33-43)45-18-9-11-21-56(45)66-57)62-61(63-59(36)44-24-23-37-12-2-3-13-38(37)30-44)47-26-28-52(60-58(47)46-19-8-10-20-55(46)65-60)64-53-34-41-16-6-4-14-39(41)31-48(53)49-32-40-15-5-7-17-42(40)35-54(49)64/h2-21,23-36H,22H2,1H3/b51-27+,62-61-,63-59+. The molecule has 1 aliphatic heterocycles. The lowest BCUT2D eigenvalue weighted by molar-refractivity contribution is 0.666. The maximum absolute atomic E-state index is 7.10. The van der Waals surface area contributed by atoms with Gasteiger partial charge in [-0.15, -0.1) is 11.3 Å². The van der Waals surface area contributed by atoms with Gasteiger partial charge in [-0.3, -0.25) is 0 Å². The summed E-state index contributed by atoms with van der Waals surface area (Å²) in [7, 11) is 0. The Balaban J connectivity index is 1.05. The van der Waals surface area contributed by atoms with Gasteiger partial charge in [-0.05, 0) is 111 Å². The third kappa shape index (κ3) is 5.76. The van der Waals surface area contributed by atoms with E-state index in [2.05, 4.69) is 212 Å². The molecule has 0 saturated heterocycles. The molecule has 1 atom stereocenters. The highest BCUT2D eigenvalue weighted by atomic mass is 32.1. The zero-order valence-corrected chi connectivity index (χ0v) is 36.8. The van der Waals surface area contributed by atoms with Crippen LogP contribution in [0.4, 0.5) is 0 Å². The normalized spacial score (nSPS) is 17.2. The number of furan rings is 1. The van der Waals surface area contributed by atoms with Crippen LogP contribution in [-0.4, -0.2) is 16.1 Å². The second-order valence-electron chi connectivity index (χ2n) is 17.7. The number of aliphatic imine (C=N–C) groups is 2. The van der Waals surface area contributed by atoms with Crippen molar-refractivity contribution in [1.82, 2.24) is 4.57 Å². The fourth-order valence-electron chi connectivity index (χ4n) is 10.5. The lowest BCUT2D eigenvalue weighted by Gasteiger charge is -2.19. The third-order valence-electron chi connectivity index (χ3n) is 13.8.